The Morgan fingerprint density at radius 3 is 2.44 bits per heavy atom. The quantitative estimate of drug-likeness (QED) is 0.327. The zero-order valence-electron chi connectivity index (χ0n) is 20.1. The highest BCUT2D eigenvalue weighted by Crippen LogP contribution is 2.47. The molecule has 0 heterocycles. The molecule has 0 saturated heterocycles. The van der Waals surface area contributed by atoms with Gasteiger partial charge in [0.25, 0.3) is 0 Å². The van der Waals surface area contributed by atoms with Gasteiger partial charge in [-0.1, -0.05) is 44.2 Å². The number of hydrogen-bond donors (Lipinski definition) is 3. The predicted molar refractivity (Wildman–Crippen MR) is 130 cm³/mol. The highest BCUT2D eigenvalue weighted by atomic mass is 19.4. The monoisotopic (exact) mass is 505 g/mol. The Morgan fingerprint density at radius 2 is 1.89 bits per heavy atom. The van der Waals surface area contributed by atoms with Crippen LogP contribution >= 0.6 is 0 Å². The molecule has 0 fully saturated rings. The Morgan fingerprint density at radius 1 is 1.19 bits per heavy atom. The van der Waals surface area contributed by atoms with Crippen molar-refractivity contribution < 1.29 is 37.7 Å². The fourth-order valence-electron chi connectivity index (χ4n) is 4.43. The minimum atomic E-state index is -4.83. The summed E-state index contributed by atoms with van der Waals surface area (Å²) in [7, 11) is 0. The van der Waals surface area contributed by atoms with Gasteiger partial charge in [0.1, 0.15) is 18.1 Å². The molecule has 0 radical (unpaired) electrons. The maximum atomic E-state index is 13.1. The summed E-state index contributed by atoms with van der Waals surface area (Å²) in [5.74, 6) is -1.41. The molecule has 0 saturated carbocycles. The first-order valence-electron chi connectivity index (χ1n) is 11.5. The van der Waals surface area contributed by atoms with Crippen LogP contribution in [0, 0.1) is 5.41 Å². The molecule has 0 aromatic heterocycles. The third-order valence-corrected chi connectivity index (χ3v) is 6.29. The molecule has 1 unspecified atom stereocenters. The highest BCUT2D eigenvalue weighted by Gasteiger charge is 2.35. The van der Waals surface area contributed by atoms with Gasteiger partial charge >= 0.3 is 12.3 Å². The number of halogens is 3. The van der Waals surface area contributed by atoms with Crippen LogP contribution < -0.4 is 15.2 Å². The van der Waals surface area contributed by atoms with Gasteiger partial charge in [-0.3, -0.25) is 4.79 Å². The molecule has 194 valence electrons. The summed E-state index contributed by atoms with van der Waals surface area (Å²) in [5, 5.41) is 18.2. The zero-order chi connectivity index (χ0) is 26.5. The molecule has 1 aliphatic rings. The summed E-state index contributed by atoms with van der Waals surface area (Å²) in [6, 6.07) is 10.6. The molecule has 36 heavy (non-hydrogen) atoms. The van der Waals surface area contributed by atoms with E-state index in [2.05, 4.69) is 4.74 Å². The van der Waals surface area contributed by atoms with Gasteiger partial charge in [-0.05, 0) is 59.2 Å². The molecule has 2 atom stereocenters. The summed E-state index contributed by atoms with van der Waals surface area (Å²) >= 11 is 0. The number of benzene rings is 2. The largest absolute Gasteiger partial charge is 0.573 e. The highest BCUT2D eigenvalue weighted by molar-refractivity contribution is 5.76. The van der Waals surface area contributed by atoms with Crippen molar-refractivity contribution in [1.82, 2.24) is 0 Å². The van der Waals surface area contributed by atoms with Gasteiger partial charge < -0.3 is 25.4 Å². The van der Waals surface area contributed by atoms with E-state index in [9.17, 15) is 23.1 Å². The Hall–Kier alpha value is -3.46. The van der Waals surface area contributed by atoms with Gasteiger partial charge in [0.05, 0.1) is 12.7 Å². The van der Waals surface area contributed by atoms with Gasteiger partial charge in [0.2, 0.25) is 0 Å². The molecule has 4 N–H and O–H groups in total. The fourth-order valence-corrected chi connectivity index (χ4v) is 4.43. The summed E-state index contributed by atoms with van der Waals surface area (Å²) in [6.45, 7) is 4.00. The van der Waals surface area contributed by atoms with E-state index < -0.39 is 24.3 Å². The van der Waals surface area contributed by atoms with Crippen molar-refractivity contribution in [2.45, 2.75) is 58.0 Å². The first kappa shape index (κ1) is 27.1. The molecule has 6 nitrogen and oxygen atoms in total. The van der Waals surface area contributed by atoms with Crippen LogP contribution in [0.1, 0.15) is 55.7 Å². The van der Waals surface area contributed by atoms with Crippen molar-refractivity contribution in [2.75, 3.05) is 0 Å². The van der Waals surface area contributed by atoms with E-state index in [1.54, 1.807) is 36.4 Å². The van der Waals surface area contributed by atoms with Gasteiger partial charge in [-0.15, -0.1) is 13.2 Å². The second kappa shape index (κ2) is 11.1. The minimum Gasteiger partial charge on any atom is -0.516 e. The number of rotatable bonds is 10. The minimum absolute atomic E-state index is 0.00159. The Kier molecular flexibility index (Phi) is 8.35. The number of hydrogen-bond acceptors (Lipinski definition) is 5. The van der Waals surface area contributed by atoms with E-state index in [0.29, 0.717) is 22.4 Å². The van der Waals surface area contributed by atoms with Crippen LogP contribution in [-0.4, -0.2) is 28.6 Å². The van der Waals surface area contributed by atoms with Crippen LogP contribution in [0.5, 0.6) is 11.5 Å². The SMILES string of the molecule is CC1(C)CCC=C1c1ccc(COc2ccc([C@H](CC(=O)O)C(N)/C=C\O)cc2)cc1OC(F)(F)F. The number of carboxylic acid groups (broad SMARTS) is 1. The summed E-state index contributed by atoms with van der Waals surface area (Å²) < 4.78 is 49.5. The van der Waals surface area contributed by atoms with E-state index in [1.165, 1.54) is 12.1 Å². The van der Waals surface area contributed by atoms with Crippen LogP contribution in [0.2, 0.25) is 0 Å². The van der Waals surface area contributed by atoms with Gasteiger partial charge in [-0.2, -0.15) is 0 Å². The lowest BCUT2D eigenvalue weighted by atomic mass is 9.81. The first-order valence-corrected chi connectivity index (χ1v) is 11.5. The first-order chi connectivity index (χ1) is 16.9. The van der Waals surface area contributed by atoms with Crippen LogP contribution in [0.15, 0.2) is 60.9 Å². The van der Waals surface area contributed by atoms with E-state index in [1.807, 2.05) is 19.9 Å². The molecular weight excluding hydrogens is 475 g/mol. The molecule has 1 aliphatic carbocycles. The summed E-state index contributed by atoms with van der Waals surface area (Å²) in [6.07, 6.45) is 0.635. The zero-order valence-corrected chi connectivity index (χ0v) is 20.1. The van der Waals surface area contributed by atoms with Crippen molar-refractivity contribution in [3.63, 3.8) is 0 Å². The normalized spacial score (nSPS) is 17.0. The average Bonchev–Trinajstić information content (AvgIpc) is 3.14. The predicted octanol–water partition coefficient (Wildman–Crippen LogP) is 6.32. The van der Waals surface area contributed by atoms with Gasteiger partial charge in [0, 0.05) is 17.5 Å². The molecule has 0 amide bonds. The third-order valence-electron chi connectivity index (χ3n) is 6.29. The fraction of sp³-hybridized carbons (Fsp3) is 0.370. The third kappa shape index (κ3) is 7.04. The number of carboxylic acids is 1. The number of alkyl halides is 3. The standard InChI is InChI=1S/C27H30F3NO5/c1-26(2)12-3-4-22(26)20-10-5-17(14-24(20)36-27(28,29)30)16-35-19-8-6-18(7-9-19)21(15-25(33)34)23(31)11-13-32/h4-11,13-14,21,23,32H,3,12,15-16,31H2,1-2H3,(H,33,34)/b13-11-/t21-,23?/m0/s1. The van der Waals surface area contributed by atoms with E-state index in [-0.39, 0.29) is 24.2 Å². The van der Waals surface area contributed by atoms with Crippen LogP contribution in [0.4, 0.5) is 13.2 Å². The van der Waals surface area contributed by atoms with Crippen LogP contribution in [0.3, 0.4) is 0 Å². The maximum absolute atomic E-state index is 13.1. The van der Waals surface area contributed by atoms with Crippen molar-refractivity contribution >= 4 is 11.5 Å². The van der Waals surface area contributed by atoms with Crippen LogP contribution in [0.25, 0.3) is 5.57 Å². The Labute approximate surface area is 207 Å². The maximum Gasteiger partial charge on any atom is 0.573 e. The van der Waals surface area contributed by atoms with Crippen molar-refractivity contribution in [2.24, 2.45) is 11.1 Å². The van der Waals surface area contributed by atoms with Gasteiger partial charge in [-0.25, -0.2) is 0 Å². The van der Waals surface area contributed by atoms with E-state index in [0.717, 1.165) is 24.7 Å². The summed E-state index contributed by atoms with van der Waals surface area (Å²) in [4.78, 5) is 11.2. The second-order valence-corrected chi connectivity index (χ2v) is 9.40. The molecule has 0 bridgehead atoms. The number of nitrogens with two attached hydrogens (primary N) is 1. The molecule has 0 spiro atoms. The summed E-state index contributed by atoms with van der Waals surface area (Å²) in [5.41, 5.74) is 8.11. The lowest BCUT2D eigenvalue weighted by Gasteiger charge is -2.25. The van der Waals surface area contributed by atoms with Crippen molar-refractivity contribution in [3.05, 3.63) is 77.6 Å². The average molecular weight is 506 g/mol. The molecule has 9 heteroatoms. The topological polar surface area (TPSA) is 102 Å². The van der Waals surface area contributed by atoms with Gasteiger partial charge in [0.15, 0.2) is 0 Å². The number of aliphatic hydroxyl groups is 1. The Balaban J connectivity index is 1.77. The number of aliphatic carboxylic acids is 1. The molecule has 2 aromatic carbocycles. The molecule has 2 aromatic rings. The smallest absolute Gasteiger partial charge is 0.516 e. The lowest BCUT2D eigenvalue weighted by Crippen LogP contribution is -2.28. The van der Waals surface area contributed by atoms with Crippen molar-refractivity contribution in [3.8, 4) is 11.5 Å². The molecular formula is C27H30F3NO5. The Bertz CT molecular complexity index is 1120. The van der Waals surface area contributed by atoms with Crippen LogP contribution in [-0.2, 0) is 11.4 Å². The molecule has 3 rings (SSSR count). The van der Waals surface area contributed by atoms with E-state index >= 15 is 0 Å². The number of carbonyl (C=O) groups is 1. The number of allylic oxidation sites excluding steroid dienone is 2. The molecule has 0 aliphatic heterocycles. The number of ether oxygens (including phenoxy) is 2. The number of aliphatic hydroxyl groups excluding tert-OH is 1. The lowest BCUT2D eigenvalue weighted by molar-refractivity contribution is -0.274. The van der Waals surface area contributed by atoms with E-state index in [4.69, 9.17) is 15.6 Å². The van der Waals surface area contributed by atoms with Crippen molar-refractivity contribution in [1.29, 1.82) is 0 Å². The second-order valence-electron chi connectivity index (χ2n) is 9.40.